The van der Waals surface area contributed by atoms with Crippen LogP contribution in [0.1, 0.15) is 24.0 Å². The fourth-order valence-electron chi connectivity index (χ4n) is 3.98. The minimum atomic E-state index is -0.137. The van der Waals surface area contributed by atoms with Crippen LogP contribution in [0.5, 0.6) is 0 Å². The van der Waals surface area contributed by atoms with E-state index in [0.717, 1.165) is 59.4 Å². The third-order valence-electron chi connectivity index (χ3n) is 5.61. The zero-order chi connectivity index (χ0) is 20.3. The molecule has 1 saturated heterocycles. The molecule has 0 saturated carbocycles. The number of fused-ring (bicyclic) bond motifs is 1. The van der Waals surface area contributed by atoms with Crippen LogP contribution in [0.2, 0.25) is 5.02 Å². The summed E-state index contributed by atoms with van der Waals surface area (Å²) in [6, 6.07) is 14.4. The van der Waals surface area contributed by atoms with Crippen LogP contribution in [-0.4, -0.2) is 41.5 Å². The van der Waals surface area contributed by atoms with Crippen molar-refractivity contribution in [2.75, 3.05) is 35.7 Å². The quantitative estimate of drug-likeness (QED) is 0.486. The van der Waals surface area contributed by atoms with Gasteiger partial charge in [0.25, 0.3) is 0 Å². The van der Waals surface area contributed by atoms with Crippen molar-refractivity contribution in [2.45, 2.75) is 31.3 Å². The zero-order valence-electron chi connectivity index (χ0n) is 16.7. The van der Waals surface area contributed by atoms with E-state index in [1.807, 2.05) is 37.0 Å². The summed E-state index contributed by atoms with van der Waals surface area (Å²) in [6.45, 7) is 1.43. The molecule has 29 heavy (non-hydrogen) atoms. The first-order valence-corrected chi connectivity index (χ1v) is 11.6. The highest BCUT2D eigenvalue weighted by Crippen LogP contribution is 2.40. The third-order valence-corrected chi connectivity index (χ3v) is 6.83. The van der Waals surface area contributed by atoms with Crippen molar-refractivity contribution < 1.29 is 0 Å². The van der Waals surface area contributed by atoms with E-state index in [-0.39, 0.29) is 5.54 Å². The summed E-state index contributed by atoms with van der Waals surface area (Å²) in [5.41, 5.74) is 4.57. The Balaban J connectivity index is 1.65. The molecule has 2 aromatic rings. The topological polar surface area (TPSA) is 65.7 Å². The normalized spacial score (nSPS) is 19.1. The highest BCUT2D eigenvalue weighted by atomic mass is 35.5. The Hall–Kier alpha value is -1.73. The van der Waals surface area contributed by atoms with Crippen LogP contribution in [0.3, 0.4) is 0 Å². The molecule has 2 aliphatic rings. The van der Waals surface area contributed by atoms with Gasteiger partial charge in [-0.05, 0) is 60.1 Å². The van der Waals surface area contributed by atoms with E-state index in [0.29, 0.717) is 6.54 Å². The number of rotatable bonds is 5. The van der Waals surface area contributed by atoms with Crippen molar-refractivity contribution in [3.8, 4) is 0 Å². The van der Waals surface area contributed by atoms with Crippen LogP contribution >= 0.6 is 23.4 Å². The molecule has 4 rings (SSSR count). The molecule has 0 bridgehead atoms. The highest BCUT2D eigenvalue weighted by Gasteiger charge is 2.41. The van der Waals surface area contributed by atoms with Gasteiger partial charge in [-0.1, -0.05) is 35.9 Å². The predicted molar refractivity (Wildman–Crippen MR) is 126 cm³/mol. The Labute approximate surface area is 182 Å². The molecular weight excluding hydrogens is 402 g/mol. The molecule has 154 valence electrons. The fraction of sp³-hybridized carbons (Fsp3) is 0.409. The van der Waals surface area contributed by atoms with Gasteiger partial charge in [-0.2, -0.15) is 11.8 Å². The lowest BCUT2D eigenvalue weighted by Gasteiger charge is -2.44. The molecule has 2 aromatic carbocycles. The molecule has 0 aliphatic carbocycles. The molecule has 0 radical (unpaired) electrons. The number of aliphatic imine (C=N–C) groups is 1. The smallest absolute Gasteiger partial charge is 0.127 e. The molecule has 5 nitrogen and oxygen atoms in total. The van der Waals surface area contributed by atoms with Crippen molar-refractivity contribution >= 4 is 40.6 Å². The molecule has 4 N–H and O–H groups in total. The van der Waals surface area contributed by atoms with Crippen LogP contribution in [0.4, 0.5) is 11.4 Å². The second kappa shape index (κ2) is 8.96. The number of amidine groups is 1. The number of nitrogens with one attached hydrogen (secondary N) is 2. The number of halogens is 1. The minimum absolute atomic E-state index is 0.137. The third kappa shape index (κ3) is 4.72. The van der Waals surface area contributed by atoms with E-state index in [4.69, 9.17) is 22.4 Å². The summed E-state index contributed by atoms with van der Waals surface area (Å²) in [4.78, 5) is 5.02. The summed E-state index contributed by atoms with van der Waals surface area (Å²) < 4.78 is 0. The summed E-state index contributed by atoms with van der Waals surface area (Å²) in [6.07, 6.45) is 3.03. The van der Waals surface area contributed by atoms with Crippen LogP contribution in [0.15, 0.2) is 47.5 Å². The maximum atomic E-state index is 6.15. The first-order chi connectivity index (χ1) is 14.1. The van der Waals surface area contributed by atoms with Crippen LogP contribution in [-0.2, 0) is 13.0 Å². The Bertz CT molecular complexity index is 893. The lowest BCUT2D eigenvalue weighted by molar-refractivity contribution is 0.354. The number of benzene rings is 2. The molecule has 1 fully saturated rings. The van der Waals surface area contributed by atoms with E-state index in [1.165, 1.54) is 11.3 Å². The lowest BCUT2D eigenvalue weighted by atomic mass is 9.86. The second-order valence-corrected chi connectivity index (χ2v) is 9.47. The molecule has 2 aliphatic heterocycles. The van der Waals surface area contributed by atoms with Crippen molar-refractivity contribution in [1.29, 1.82) is 0 Å². The molecule has 0 unspecified atom stereocenters. The van der Waals surface area contributed by atoms with E-state index in [2.05, 4.69) is 34.9 Å². The summed E-state index contributed by atoms with van der Waals surface area (Å²) in [5.74, 6) is 9.15. The second-order valence-electron chi connectivity index (χ2n) is 7.81. The van der Waals surface area contributed by atoms with Gasteiger partial charge in [-0.3, -0.25) is 10.8 Å². The van der Waals surface area contributed by atoms with Gasteiger partial charge >= 0.3 is 0 Å². The summed E-state index contributed by atoms with van der Waals surface area (Å²) >= 11 is 8.17. The van der Waals surface area contributed by atoms with E-state index < -0.39 is 0 Å². The Morgan fingerprint density at radius 2 is 2.00 bits per heavy atom. The number of para-hydroxylation sites is 1. The molecule has 2 heterocycles. The SMILES string of the molecule is CN(N)CCc1cccc2c1NC1(CCSCC1)C(=NCc1cccc(Cl)c1)N2. The number of likely N-dealkylation sites (N-methyl/N-ethyl adjacent to an activating group) is 1. The number of hydrogen-bond acceptors (Lipinski definition) is 5. The van der Waals surface area contributed by atoms with E-state index in [1.54, 1.807) is 5.01 Å². The molecule has 0 amide bonds. The Morgan fingerprint density at radius 1 is 1.21 bits per heavy atom. The van der Waals surface area contributed by atoms with Gasteiger partial charge in [0.15, 0.2) is 0 Å². The van der Waals surface area contributed by atoms with E-state index in [9.17, 15) is 0 Å². The monoisotopic (exact) mass is 429 g/mol. The number of hydrazine groups is 1. The van der Waals surface area contributed by atoms with Gasteiger partial charge in [0, 0.05) is 18.6 Å². The molecule has 0 atom stereocenters. The summed E-state index contributed by atoms with van der Waals surface area (Å²) in [5, 5.41) is 10.1. The number of hydrogen-bond donors (Lipinski definition) is 3. The number of anilines is 2. The molecule has 7 heteroatoms. The first kappa shape index (κ1) is 20.5. The predicted octanol–water partition coefficient (Wildman–Crippen LogP) is 4.39. The standard InChI is InChI=1S/C22H28ClN5S/c1-28(24)11-8-17-5-3-7-19-20(17)27-22(9-12-29-13-10-22)21(26-19)25-15-16-4-2-6-18(23)14-16/h2-7,14,27H,8-13,15,24H2,1H3,(H,25,26). The fourth-order valence-corrected chi connectivity index (χ4v) is 5.38. The molecular formula is C22H28ClN5S. The van der Waals surface area contributed by atoms with Crippen molar-refractivity contribution in [2.24, 2.45) is 10.8 Å². The van der Waals surface area contributed by atoms with Gasteiger partial charge < -0.3 is 10.6 Å². The average Bonchev–Trinajstić information content (AvgIpc) is 2.71. The van der Waals surface area contributed by atoms with Crippen molar-refractivity contribution in [3.63, 3.8) is 0 Å². The van der Waals surface area contributed by atoms with E-state index >= 15 is 0 Å². The molecule has 1 spiro atoms. The minimum Gasteiger partial charge on any atom is -0.371 e. The molecule has 0 aromatic heterocycles. The maximum Gasteiger partial charge on any atom is 0.127 e. The van der Waals surface area contributed by atoms with Gasteiger partial charge in [-0.15, -0.1) is 0 Å². The van der Waals surface area contributed by atoms with Crippen molar-refractivity contribution in [3.05, 3.63) is 58.6 Å². The van der Waals surface area contributed by atoms with Crippen LogP contribution in [0.25, 0.3) is 0 Å². The van der Waals surface area contributed by atoms with Crippen molar-refractivity contribution in [1.82, 2.24) is 5.01 Å². The summed E-state index contributed by atoms with van der Waals surface area (Å²) in [7, 11) is 1.90. The number of nitrogens with zero attached hydrogens (tertiary/aromatic N) is 2. The Morgan fingerprint density at radius 3 is 2.76 bits per heavy atom. The van der Waals surface area contributed by atoms with Gasteiger partial charge in [0.1, 0.15) is 5.84 Å². The van der Waals surface area contributed by atoms with Gasteiger partial charge in [-0.25, -0.2) is 5.01 Å². The van der Waals surface area contributed by atoms with Crippen LogP contribution < -0.4 is 16.5 Å². The highest BCUT2D eigenvalue weighted by molar-refractivity contribution is 7.99. The number of nitrogens with two attached hydrogens (primary N) is 1. The Kier molecular flexibility index (Phi) is 6.35. The zero-order valence-corrected chi connectivity index (χ0v) is 18.3. The lowest BCUT2D eigenvalue weighted by Crippen LogP contribution is -2.55. The average molecular weight is 430 g/mol. The largest absolute Gasteiger partial charge is 0.371 e. The number of thioether (sulfide) groups is 1. The maximum absolute atomic E-state index is 6.15. The van der Waals surface area contributed by atoms with Crippen LogP contribution in [0, 0.1) is 0 Å². The first-order valence-electron chi connectivity index (χ1n) is 10.1. The van der Waals surface area contributed by atoms with Gasteiger partial charge in [0.2, 0.25) is 0 Å². The van der Waals surface area contributed by atoms with Gasteiger partial charge in [0.05, 0.1) is 23.5 Å².